The van der Waals surface area contributed by atoms with Crippen LogP contribution in [0.3, 0.4) is 0 Å². The molecule has 3 atom stereocenters. The molecule has 5 heteroatoms. The Morgan fingerprint density at radius 1 is 1.36 bits per heavy atom. The van der Waals surface area contributed by atoms with Crippen LogP contribution in [0, 0.1) is 11.8 Å². The minimum atomic E-state index is 0.0345. The lowest BCUT2D eigenvalue weighted by molar-refractivity contribution is 0.0773. The van der Waals surface area contributed by atoms with Gasteiger partial charge in [0, 0.05) is 23.6 Å². The second-order valence-corrected chi connectivity index (χ2v) is 7.60. The van der Waals surface area contributed by atoms with Crippen molar-refractivity contribution in [3.05, 3.63) is 28.2 Å². The molecule has 22 heavy (non-hydrogen) atoms. The topological polar surface area (TPSA) is 55.6 Å². The molecule has 2 aliphatic rings. The molecule has 1 heterocycles. The lowest BCUT2D eigenvalue weighted by atomic mass is 9.98. The predicted molar refractivity (Wildman–Crippen MR) is 90.0 cm³/mol. The number of benzene rings is 1. The molecule has 120 valence electrons. The lowest BCUT2D eigenvalue weighted by Crippen LogP contribution is -2.33. The van der Waals surface area contributed by atoms with Gasteiger partial charge in [0.25, 0.3) is 5.91 Å². The number of carbonyl (C=O) groups is 1. The van der Waals surface area contributed by atoms with Gasteiger partial charge in [-0.1, -0.05) is 15.9 Å². The summed E-state index contributed by atoms with van der Waals surface area (Å²) in [5.74, 6) is 1.75. The maximum absolute atomic E-state index is 12.9. The van der Waals surface area contributed by atoms with E-state index < -0.39 is 0 Å². The Balaban J connectivity index is 1.81. The van der Waals surface area contributed by atoms with E-state index in [2.05, 4.69) is 15.9 Å². The predicted octanol–water partition coefficient (Wildman–Crippen LogP) is 3.05. The number of ether oxygens (including phenoxy) is 1. The molecule has 0 aromatic heterocycles. The third-order valence-electron chi connectivity index (χ3n) is 4.74. The summed E-state index contributed by atoms with van der Waals surface area (Å²) in [6.45, 7) is 5.54. The normalized spacial score (nSPS) is 27.3. The highest BCUT2D eigenvalue weighted by Gasteiger charge is 2.42. The summed E-state index contributed by atoms with van der Waals surface area (Å²) < 4.78 is 6.74. The number of hydrogen-bond donors (Lipinski definition) is 1. The molecule has 1 aliphatic heterocycles. The van der Waals surface area contributed by atoms with Crippen LogP contribution in [-0.2, 0) is 0 Å². The molecule has 3 unspecified atom stereocenters. The van der Waals surface area contributed by atoms with Crippen molar-refractivity contribution in [1.82, 2.24) is 4.90 Å². The third-order valence-corrected chi connectivity index (χ3v) is 5.23. The fourth-order valence-corrected chi connectivity index (χ4v) is 4.01. The lowest BCUT2D eigenvalue weighted by Gasteiger charge is -2.21. The van der Waals surface area contributed by atoms with Crippen molar-refractivity contribution in [2.45, 2.75) is 38.8 Å². The van der Waals surface area contributed by atoms with Gasteiger partial charge in [-0.05, 0) is 56.7 Å². The van der Waals surface area contributed by atoms with E-state index in [1.807, 2.05) is 36.9 Å². The summed E-state index contributed by atoms with van der Waals surface area (Å²) in [5.41, 5.74) is 6.81. The van der Waals surface area contributed by atoms with Crippen LogP contribution in [0.25, 0.3) is 0 Å². The maximum atomic E-state index is 12.9. The Hall–Kier alpha value is -1.07. The molecule has 1 amide bonds. The molecule has 1 saturated carbocycles. The summed E-state index contributed by atoms with van der Waals surface area (Å²) in [7, 11) is 0. The fraction of sp³-hybridized carbons (Fsp3) is 0.588. The second-order valence-electron chi connectivity index (χ2n) is 6.68. The highest BCUT2D eigenvalue weighted by Crippen LogP contribution is 2.38. The van der Waals surface area contributed by atoms with Crippen molar-refractivity contribution >= 4 is 21.8 Å². The molecule has 4 nitrogen and oxygen atoms in total. The summed E-state index contributed by atoms with van der Waals surface area (Å²) >= 11 is 3.44. The van der Waals surface area contributed by atoms with Gasteiger partial charge in [-0.25, -0.2) is 0 Å². The molecule has 0 radical (unpaired) electrons. The number of fused-ring (bicyclic) bond motifs is 1. The molecule has 2 fully saturated rings. The Bertz CT molecular complexity index is 576. The van der Waals surface area contributed by atoms with Crippen molar-refractivity contribution in [3.63, 3.8) is 0 Å². The molecule has 0 bridgehead atoms. The number of nitrogens with zero attached hydrogens (tertiary/aromatic N) is 1. The van der Waals surface area contributed by atoms with Crippen LogP contribution in [-0.4, -0.2) is 36.0 Å². The molecule has 1 saturated heterocycles. The summed E-state index contributed by atoms with van der Waals surface area (Å²) in [5, 5.41) is 0. The highest BCUT2D eigenvalue weighted by atomic mass is 79.9. The number of likely N-dealkylation sites (tertiary alicyclic amines) is 1. The number of carbonyl (C=O) groups excluding carboxylic acids is 1. The number of amides is 1. The number of rotatable bonds is 3. The quantitative estimate of drug-likeness (QED) is 0.894. The van der Waals surface area contributed by atoms with E-state index in [1.54, 1.807) is 0 Å². The smallest absolute Gasteiger partial charge is 0.257 e. The molecule has 2 N–H and O–H groups in total. The first kappa shape index (κ1) is 15.8. The first-order valence-electron chi connectivity index (χ1n) is 7.96. The zero-order chi connectivity index (χ0) is 15.9. The molecule has 0 spiro atoms. The van der Waals surface area contributed by atoms with E-state index in [-0.39, 0.29) is 18.1 Å². The first-order valence-corrected chi connectivity index (χ1v) is 8.76. The van der Waals surface area contributed by atoms with Crippen molar-refractivity contribution in [3.8, 4) is 5.75 Å². The van der Waals surface area contributed by atoms with Gasteiger partial charge in [-0.15, -0.1) is 0 Å². The van der Waals surface area contributed by atoms with Gasteiger partial charge in [0.1, 0.15) is 5.75 Å². The van der Waals surface area contributed by atoms with E-state index >= 15 is 0 Å². The highest BCUT2D eigenvalue weighted by molar-refractivity contribution is 9.10. The second kappa shape index (κ2) is 6.20. The zero-order valence-electron chi connectivity index (χ0n) is 13.1. The first-order chi connectivity index (χ1) is 10.5. The average Bonchev–Trinajstić information content (AvgIpc) is 3.00. The van der Waals surface area contributed by atoms with Gasteiger partial charge in [0.15, 0.2) is 0 Å². The average molecular weight is 367 g/mol. The van der Waals surface area contributed by atoms with Crippen molar-refractivity contribution in [2.24, 2.45) is 17.6 Å². The van der Waals surface area contributed by atoms with Gasteiger partial charge in [-0.3, -0.25) is 4.79 Å². The van der Waals surface area contributed by atoms with Crippen LogP contribution in [0.5, 0.6) is 5.75 Å². The maximum Gasteiger partial charge on any atom is 0.257 e. The molecular weight excluding hydrogens is 344 g/mol. The molecule has 3 rings (SSSR count). The van der Waals surface area contributed by atoms with Crippen molar-refractivity contribution in [1.29, 1.82) is 0 Å². The van der Waals surface area contributed by atoms with Gasteiger partial charge in [0.2, 0.25) is 0 Å². The van der Waals surface area contributed by atoms with E-state index in [0.29, 0.717) is 23.1 Å². The van der Waals surface area contributed by atoms with Gasteiger partial charge >= 0.3 is 0 Å². The van der Waals surface area contributed by atoms with E-state index in [1.165, 1.54) is 0 Å². The monoisotopic (exact) mass is 366 g/mol. The summed E-state index contributed by atoms with van der Waals surface area (Å²) in [6, 6.07) is 5.86. The number of nitrogens with two attached hydrogens (primary N) is 1. The minimum absolute atomic E-state index is 0.0345. The van der Waals surface area contributed by atoms with Crippen LogP contribution >= 0.6 is 15.9 Å². The molecule has 1 aromatic carbocycles. The summed E-state index contributed by atoms with van der Waals surface area (Å²) in [6.07, 6.45) is 2.27. The SMILES string of the molecule is CC(C)Oc1cc(Br)ccc1C(=O)N1CC2CCC(N)C2C1. The largest absolute Gasteiger partial charge is 0.490 e. The van der Waals surface area contributed by atoms with Crippen LogP contribution in [0.4, 0.5) is 0 Å². The Morgan fingerprint density at radius 2 is 2.14 bits per heavy atom. The van der Waals surface area contributed by atoms with Crippen LogP contribution in [0.1, 0.15) is 37.0 Å². The van der Waals surface area contributed by atoms with Gasteiger partial charge in [0.05, 0.1) is 11.7 Å². The standard InChI is InChI=1S/C17H23BrN2O2/c1-10(2)22-16-7-12(18)4-5-13(16)17(21)20-8-11-3-6-15(19)14(11)9-20/h4-5,7,10-11,14-15H,3,6,8-9,19H2,1-2H3. The van der Waals surface area contributed by atoms with Crippen LogP contribution in [0.15, 0.2) is 22.7 Å². The van der Waals surface area contributed by atoms with Gasteiger partial charge in [-0.2, -0.15) is 0 Å². The van der Waals surface area contributed by atoms with E-state index in [4.69, 9.17) is 10.5 Å². The van der Waals surface area contributed by atoms with Crippen LogP contribution < -0.4 is 10.5 Å². The molecular formula is C17H23BrN2O2. The Labute approximate surface area is 140 Å². The van der Waals surface area contributed by atoms with E-state index in [0.717, 1.165) is 30.4 Å². The third kappa shape index (κ3) is 3.01. The Morgan fingerprint density at radius 3 is 2.82 bits per heavy atom. The molecule has 1 aromatic rings. The van der Waals surface area contributed by atoms with Crippen molar-refractivity contribution in [2.75, 3.05) is 13.1 Å². The molecule has 1 aliphatic carbocycles. The number of halogens is 1. The van der Waals surface area contributed by atoms with Crippen molar-refractivity contribution < 1.29 is 9.53 Å². The van der Waals surface area contributed by atoms with Gasteiger partial charge < -0.3 is 15.4 Å². The minimum Gasteiger partial charge on any atom is -0.490 e. The Kier molecular flexibility index (Phi) is 4.46. The zero-order valence-corrected chi connectivity index (χ0v) is 14.7. The van der Waals surface area contributed by atoms with Crippen LogP contribution in [0.2, 0.25) is 0 Å². The van der Waals surface area contributed by atoms with E-state index in [9.17, 15) is 4.79 Å². The fourth-order valence-electron chi connectivity index (χ4n) is 3.67. The summed E-state index contributed by atoms with van der Waals surface area (Å²) in [4.78, 5) is 14.8. The number of hydrogen-bond acceptors (Lipinski definition) is 3.